The van der Waals surface area contributed by atoms with Crippen molar-refractivity contribution in [1.29, 1.82) is 0 Å². The minimum absolute atomic E-state index is 0.131. The van der Waals surface area contributed by atoms with E-state index in [1.54, 1.807) is 23.5 Å². The summed E-state index contributed by atoms with van der Waals surface area (Å²) in [4.78, 5) is 21.0. The Morgan fingerprint density at radius 1 is 1.20 bits per heavy atom. The van der Waals surface area contributed by atoms with Gasteiger partial charge in [-0.3, -0.25) is 4.79 Å². The van der Waals surface area contributed by atoms with Crippen molar-refractivity contribution in [3.8, 4) is 17.1 Å². The van der Waals surface area contributed by atoms with E-state index in [-0.39, 0.29) is 16.6 Å². The molecule has 5 nitrogen and oxygen atoms in total. The first-order chi connectivity index (χ1) is 12.1. The molecule has 0 saturated heterocycles. The van der Waals surface area contributed by atoms with Gasteiger partial charge in [-0.2, -0.15) is 0 Å². The summed E-state index contributed by atoms with van der Waals surface area (Å²) in [6, 6.07) is 10.7. The fourth-order valence-electron chi connectivity index (χ4n) is 2.22. The van der Waals surface area contributed by atoms with Crippen molar-refractivity contribution in [3.63, 3.8) is 0 Å². The van der Waals surface area contributed by atoms with Gasteiger partial charge in [0.25, 0.3) is 5.91 Å². The summed E-state index contributed by atoms with van der Waals surface area (Å²) in [6.07, 6.45) is 0. The molecule has 1 N–H and O–H groups in total. The van der Waals surface area contributed by atoms with E-state index >= 15 is 0 Å². The Morgan fingerprint density at radius 3 is 2.60 bits per heavy atom. The summed E-state index contributed by atoms with van der Waals surface area (Å²) in [7, 11) is 0. The summed E-state index contributed by atoms with van der Waals surface area (Å²) >= 11 is 7.68. The monoisotopic (exact) mass is 373 g/mol. The molecule has 3 rings (SSSR count). The highest BCUT2D eigenvalue weighted by molar-refractivity contribution is 7.09. The lowest BCUT2D eigenvalue weighted by molar-refractivity contribution is 0.102. The summed E-state index contributed by atoms with van der Waals surface area (Å²) in [5.41, 5.74) is 2.71. The van der Waals surface area contributed by atoms with E-state index in [4.69, 9.17) is 16.3 Å². The fraction of sp³-hybridized carbons (Fsp3) is 0.167. The number of rotatable bonds is 5. The molecule has 1 amide bonds. The summed E-state index contributed by atoms with van der Waals surface area (Å²) < 4.78 is 5.31. The van der Waals surface area contributed by atoms with Crippen LogP contribution in [0.4, 0.5) is 5.69 Å². The molecule has 1 aromatic carbocycles. The van der Waals surface area contributed by atoms with Crippen LogP contribution in [0.2, 0.25) is 5.02 Å². The Kier molecular flexibility index (Phi) is 5.31. The third-order valence-corrected chi connectivity index (χ3v) is 4.46. The predicted molar refractivity (Wildman–Crippen MR) is 101 cm³/mol. The molecule has 7 heteroatoms. The number of anilines is 1. The van der Waals surface area contributed by atoms with Gasteiger partial charge in [0.15, 0.2) is 5.69 Å². The first-order valence-corrected chi connectivity index (χ1v) is 8.96. The van der Waals surface area contributed by atoms with E-state index in [0.717, 1.165) is 16.3 Å². The molecule has 0 saturated carbocycles. The van der Waals surface area contributed by atoms with Crippen molar-refractivity contribution >= 4 is 34.5 Å². The highest BCUT2D eigenvalue weighted by Crippen LogP contribution is 2.24. The number of halogens is 1. The largest absolute Gasteiger partial charge is 0.478 e. The number of carbonyl (C=O) groups excluding carboxylic acids is 1. The molecule has 0 unspecified atom stereocenters. The first-order valence-electron chi connectivity index (χ1n) is 7.70. The second-order valence-corrected chi connectivity index (χ2v) is 6.67. The summed E-state index contributed by atoms with van der Waals surface area (Å²) in [5, 5.41) is 6.09. The van der Waals surface area contributed by atoms with Crippen LogP contribution in [0, 0.1) is 6.92 Å². The van der Waals surface area contributed by atoms with Crippen LogP contribution in [0.5, 0.6) is 5.88 Å². The number of carbonyl (C=O) groups is 1. The molecule has 2 aromatic heterocycles. The highest BCUT2D eigenvalue weighted by Gasteiger charge is 2.14. The molecule has 0 atom stereocenters. The van der Waals surface area contributed by atoms with Gasteiger partial charge in [0.1, 0.15) is 0 Å². The number of thiazole rings is 1. The summed E-state index contributed by atoms with van der Waals surface area (Å²) in [5.74, 6) is -0.0184. The lowest BCUT2D eigenvalue weighted by Gasteiger charge is -2.08. The van der Waals surface area contributed by atoms with Gasteiger partial charge in [-0.05, 0) is 32.0 Å². The molecule has 0 aliphatic heterocycles. The van der Waals surface area contributed by atoms with Crippen molar-refractivity contribution in [2.75, 3.05) is 11.9 Å². The second kappa shape index (κ2) is 7.63. The van der Waals surface area contributed by atoms with E-state index in [1.807, 2.05) is 43.5 Å². The van der Waals surface area contributed by atoms with Crippen LogP contribution in [0.15, 0.2) is 41.8 Å². The minimum Gasteiger partial charge on any atom is -0.478 e. The standard InChI is InChI=1S/C18H16ClN3O2S/c1-3-24-16-9-8-14(19)17(22-16)18(23)21-13-6-4-12(5-7-13)15-10-25-11(2)20-15/h4-10H,3H2,1-2H3,(H,21,23). The fourth-order valence-corrected chi connectivity index (χ4v) is 3.04. The van der Waals surface area contributed by atoms with Crippen molar-refractivity contribution in [1.82, 2.24) is 9.97 Å². The number of ether oxygens (including phenoxy) is 1. The Balaban J connectivity index is 1.76. The van der Waals surface area contributed by atoms with E-state index in [2.05, 4.69) is 15.3 Å². The Labute approximate surface area is 154 Å². The molecule has 0 aliphatic rings. The van der Waals surface area contributed by atoms with E-state index in [0.29, 0.717) is 18.2 Å². The van der Waals surface area contributed by atoms with Crippen LogP contribution >= 0.6 is 22.9 Å². The van der Waals surface area contributed by atoms with E-state index in [1.165, 1.54) is 0 Å². The average molecular weight is 374 g/mol. The number of amides is 1. The molecule has 3 aromatic rings. The molecule has 0 radical (unpaired) electrons. The minimum atomic E-state index is -0.385. The van der Waals surface area contributed by atoms with E-state index in [9.17, 15) is 4.79 Å². The Morgan fingerprint density at radius 2 is 1.96 bits per heavy atom. The van der Waals surface area contributed by atoms with Crippen LogP contribution in [0.1, 0.15) is 22.4 Å². The number of aromatic nitrogens is 2. The number of hydrogen-bond acceptors (Lipinski definition) is 5. The molecule has 0 aliphatic carbocycles. The SMILES string of the molecule is CCOc1ccc(Cl)c(C(=O)Nc2ccc(-c3csc(C)n3)cc2)n1. The molecule has 128 valence electrons. The van der Waals surface area contributed by atoms with Crippen LogP contribution in [-0.2, 0) is 0 Å². The topological polar surface area (TPSA) is 64.1 Å². The Hall–Kier alpha value is -2.44. The zero-order chi connectivity index (χ0) is 17.8. The first kappa shape index (κ1) is 17.4. The van der Waals surface area contributed by atoms with Crippen LogP contribution in [-0.4, -0.2) is 22.5 Å². The molecular weight excluding hydrogens is 358 g/mol. The van der Waals surface area contributed by atoms with Crippen molar-refractivity contribution in [2.24, 2.45) is 0 Å². The maximum Gasteiger partial charge on any atom is 0.275 e. The molecule has 0 spiro atoms. The molecule has 2 heterocycles. The number of pyridine rings is 1. The van der Waals surface area contributed by atoms with Crippen LogP contribution in [0.25, 0.3) is 11.3 Å². The van der Waals surface area contributed by atoms with Crippen LogP contribution in [0.3, 0.4) is 0 Å². The molecule has 0 bridgehead atoms. The highest BCUT2D eigenvalue weighted by atomic mass is 35.5. The molecular formula is C18H16ClN3O2S. The third kappa shape index (κ3) is 4.15. The van der Waals surface area contributed by atoms with Crippen LogP contribution < -0.4 is 10.1 Å². The third-order valence-electron chi connectivity index (χ3n) is 3.39. The normalized spacial score (nSPS) is 10.5. The molecule has 0 fully saturated rings. The van der Waals surface area contributed by atoms with Crippen molar-refractivity contribution in [3.05, 3.63) is 57.5 Å². The van der Waals surface area contributed by atoms with Crippen molar-refractivity contribution in [2.45, 2.75) is 13.8 Å². The smallest absolute Gasteiger partial charge is 0.275 e. The maximum atomic E-state index is 12.4. The summed E-state index contributed by atoms with van der Waals surface area (Å²) in [6.45, 7) is 4.28. The quantitative estimate of drug-likeness (QED) is 0.696. The van der Waals surface area contributed by atoms with E-state index < -0.39 is 0 Å². The van der Waals surface area contributed by atoms with Gasteiger partial charge in [0, 0.05) is 22.7 Å². The Bertz CT molecular complexity index is 894. The van der Waals surface area contributed by atoms with Gasteiger partial charge >= 0.3 is 0 Å². The lowest BCUT2D eigenvalue weighted by Crippen LogP contribution is -2.14. The average Bonchev–Trinajstić information content (AvgIpc) is 3.04. The zero-order valence-corrected chi connectivity index (χ0v) is 15.3. The number of nitrogens with one attached hydrogen (secondary N) is 1. The number of hydrogen-bond donors (Lipinski definition) is 1. The number of aryl methyl sites for hydroxylation is 1. The number of nitrogens with zero attached hydrogens (tertiary/aromatic N) is 2. The molecule has 25 heavy (non-hydrogen) atoms. The predicted octanol–water partition coefficient (Wildman–Crippen LogP) is 4.82. The number of benzene rings is 1. The van der Waals surface area contributed by atoms with Gasteiger partial charge in [-0.1, -0.05) is 23.7 Å². The van der Waals surface area contributed by atoms with Gasteiger partial charge < -0.3 is 10.1 Å². The van der Waals surface area contributed by atoms with Gasteiger partial charge in [-0.15, -0.1) is 11.3 Å². The van der Waals surface area contributed by atoms with Gasteiger partial charge in [0.05, 0.1) is 22.3 Å². The zero-order valence-electron chi connectivity index (χ0n) is 13.7. The van der Waals surface area contributed by atoms with Gasteiger partial charge in [-0.25, -0.2) is 9.97 Å². The maximum absolute atomic E-state index is 12.4. The van der Waals surface area contributed by atoms with Crippen molar-refractivity contribution < 1.29 is 9.53 Å². The lowest BCUT2D eigenvalue weighted by atomic mass is 10.1. The van der Waals surface area contributed by atoms with Gasteiger partial charge in [0.2, 0.25) is 5.88 Å². The second-order valence-electron chi connectivity index (χ2n) is 5.20.